The van der Waals surface area contributed by atoms with Crippen LogP contribution in [0.25, 0.3) is 10.9 Å². The molecule has 0 unspecified atom stereocenters. The standard InChI is InChI=1S/C27H36N4O6S/c1-17(28-15-26(34)20-4-6-25(33)23(13-20)30-38(2,36)37)11-19-3-5-22-21(12-19)14-24(29-22)27(35)31-9-7-18(16-32)8-10-31/h3-6,12-14,17-18,26,28-30,32-34H,7-11,15-16H2,1-2H3/t17-,26+/m1/s1. The third-order valence-corrected chi connectivity index (χ3v) is 7.57. The van der Waals surface area contributed by atoms with Crippen LogP contribution >= 0.6 is 0 Å². The number of aliphatic hydroxyl groups is 2. The molecule has 2 aromatic carbocycles. The van der Waals surface area contributed by atoms with Gasteiger partial charge in [0.1, 0.15) is 11.4 Å². The lowest BCUT2D eigenvalue weighted by atomic mass is 9.98. The first-order valence-electron chi connectivity index (χ1n) is 12.8. The molecular weight excluding hydrogens is 508 g/mol. The fraction of sp³-hybridized carbons (Fsp3) is 0.444. The predicted octanol–water partition coefficient (Wildman–Crippen LogP) is 2.34. The maximum Gasteiger partial charge on any atom is 0.270 e. The van der Waals surface area contributed by atoms with Crippen LogP contribution in [-0.4, -0.2) is 78.1 Å². The van der Waals surface area contributed by atoms with Crippen molar-refractivity contribution in [3.8, 4) is 5.75 Å². The third-order valence-electron chi connectivity index (χ3n) is 6.98. The quantitative estimate of drug-likeness (QED) is 0.214. The summed E-state index contributed by atoms with van der Waals surface area (Å²) in [6.07, 6.45) is 2.42. The number of nitrogens with zero attached hydrogens (tertiary/aromatic N) is 1. The number of piperidine rings is 1. The summed E-state index contributed by atoms with van der Waals surface area (Å²) in [6, 6.07) is 12.3. The minimum Gasteiger partial charge on any atom is -0.506 e. The zero-order chi connectivity index (χ0) is 27.4. The molecule has 10 nitrogen and oxygen atoms in total. The topological polar surface area (TPSA) is 155 Å². The van der Waals surface area contributed by atoms with Gasteiger partial charge in [0.05, 0.1) is 18.0 Å². The normalized spacial score (nSPS) is 16.5. The summed E-state index contributed by atoms with van der Waals surface area (Å²) in [5, 5.41) is 34.1. The van der Waals surface area contributed by atoms with E-state index in [1.807, 2.05) is 30.0 Å². The molecule has 2 atom stereocenters. The van der Waals surface area contributed by atoms with Crippen LogP contribution in [0.3, 0.4) is 0 Å². The van der Waals surface area contributed by atoms with Crippen molar-refractivity contribution in [2.75, 3.05) is 37.2 Å². The monoisotopic (exact) mass is 544 g/mol. The van der Waals surface area contributed by atoms with Crippen LogP contribution in [-0.2, 0) is 16.4 Å². The van der Waals surface area contributed by atoms with E-state index in [2.05, 4.69) is 21.1 Å². The fourth-order valence-electron chi connectivity index (χ4n) is 4.81. The first-order valence-corrected chi connectivity index (χ1v) is 14.7. The average Bonchev–Trinajstić information content (AvgIpc) is 3.31. The van der Waals surface area contributed by atoms with Crippen LogP contribution in [0, 0.1) is 5.92 Å². The van der Waals surface area contributed by atoms with Crippen molar-refractivity contribution >= 4 is 32.5 Å². The molecular formula is C27H36N4O6S. The van der Waals surface area contributed by atoms with Gasteiger partial charge in [-0.3, -0.25) is 9.52 Å². The molecule has 1 aliphatic rings. The summed E-state index contributed by atoms with van der Waals surface area (Å²) in [4.78, 5) is 18.0. The molecule has 11 heteroatoms. The minimum absolute atomic E-state index is 0.0180. The smallest absolute Gasteiger partial charge is 0.270 e. The number of H-pyrrole nitrogens is 1. The second-order valence-electron chi connectivity index (χ2n) is 10.2. The number of hydrogen-bond donors (Lipinski definition) is 6. The molecule has 1 aliphatic heterocycles. The number of benzene rings is 2. The van der Waals surface area contributed by atoms with E-state index in [0.717, 1.165) is 35.6 Å². The van der Waals surface area contributed by atoms with Crippen LogP contribution in [0.2, 0.25) is 0 Å². The number of aliphatic hydroxyl groups excluding tert-OH is 2. The van der Waals surface area contributed by atoms with E-state index < -0.39 is 16.1 Å². The number of anilines is 1. The highest BCUT2D eigenvalue weighted by Crippen LogP contribution is 2.28. The molecule has 1 fully saturated rings. The number of carbonyl (C=O) groups is 1. The van der Waals surface area contributed by atoms with Gasteiger partial charge in [0.2, 0.25) is 10.0 Å². The number of likely N-dealkylation sites (tertiary alicyclic amines) is 1. The van der Waals surface area contributed by atoms with Gasteiger partial charge in [-0.2, -0.15) is 0 Å². The predicted molar refractivity (Wildman–Crippen MR) is 147 cm³/mol. The number of aromatic amines is 1. The Labute approximate surface area is 222 Å². The number of fused-ring (bicyclic) bond motifs is 1. The maximum absolute atomic E-state index is 13.0. The lowest BCUT2D eigenvalue weighted by Gasteiger charge is -2.30. The Morgan fingerprint density at radius 3 is 2.58 bits per heavy atom. The van der Waals surface area contributed by atoms with Gasteiger partial charge in [0.25, 0.3) is 5.91 Å². The van der Waals surface area contributed by atoms with Crippen LogP contribution in [0.5, 0.6) is 5.75 Å². The van der Waals surface area contributed by atoms with E-state index in [9.17, 15) is 28.5 Å². The van der Waals surface area contributed by atoms with Gasteiger partial charge < -0.3 is 30.5 Å². The summed E-state index contributed by atoms with van der Waals surface area (Å²) in [5.41, 5.74) is 3.03. The molecule has 4 rings (SSSR count). The lowest BCUT2D eigenvalue weighted by Crippen LogP contribution is -2.39. The maximum atomic E-state index is 13.0. The van der Waals surface area contributed by atoms with Crippen molar-refractivity contribution in [1.29, 1.82) is 0 Å². The average molecular weight is 545 g/mol. The highest BCUT2D eigenvalue weighted by molar-refractivity contribution is 7.92. The molecule has 38 heavy (non-hydrogen) atoms. The van der Waals surface area contributed by atoms with E-state index >= 15 is 0 Å². The number of sulfonamides is 1. The largest absolute Gasteiger partial charge is 0.506 e. The summed E-state index contributed by atoms with van der Waals surface area (Å²) in [5.74, 6) is 0.0349. The third kappa shape index (κ3) is 7.04. The van der Waals surface area contributed by atoms with Gasteiger partial charge in [-0.1, -0.05) is 12.1 Å². The van der Waals surface area contributed by atoms with E-state index in [4.69, 9.17) is 0 Å². The number of hydrogen-bond acceptors (Lipinski definition) is 7. The number of aromatic hydroxyl groups is 1. The Hall–Kier alpha value is -3.12. The minimum atomic E-state index is -3.57. The number of amides is 1. The summed E-state index contributed by atoms with van der Waals surface area (Å²) >= 11 is 0. The second-order valence-corrected chi connectivity index (χ2v) is 12.0. The Bertz CT molecular complexity index is 1380. The summed E-state index contributed by atoms with van der Waals surface area (Å²) in [7, 11) is -3.57. The van der Waals surface area contributed by atoms with Crippen LogP contribution in [0.15, 0.2) is 42.5 Å². The number of nitrogens with one attached hydrogen (secondary N) is 3. The number of carbonyl (C=O) groups excluding carboxylic acids is 1. The van der Waals surface area contributed by atoms with Gasteiger partial charge in [0.15, 0.2) is 0 Å². The van der Waals surface area contributed by atoms with Crippen molar-refractivity contribution in [3.05, 3.63) is 59.3 Å². The first kappa shape index (κ1) is 27.9. The molecule has 206 valence electrons. The summed E-state index contributed by atoms with van der Waals surface area (Å²) < 4.78 is 25.3. The van der Waals surface area contributed by atoms with Gasteiger partial charge in [-0.05, 0) is 73.6 Å². The van der Waals surface area contributed by atoms with Crippen molar-refractivity contribution < 1.29 is 28.5 Å². The Kier molecular flexibility index (Phi) is 8.61. The van der Waals surface area contributed by atoms with E-state index in [1.165, 1.54) is 12.1 Å². The van der Waals surface area contributed by atoms with Gasteiger partial charge in [-0.15, -0.1) is 0 Å². The number of aromatic nitrogens is 1. The van der Waals surface area contributed by atoms with E-state index in [-0.39, 0.29) is 42.5 Å². The number of phenolic OH excluding ortho intramolecular Hbond substituents is 1. The van der Waals surface area contributed by atoms with Crippen LogP contribution in [0.1, 0.15) is 47.5 Å². The highest BCUT2D eigenvalue weighted by atomic mass is 32.2. The van der Waals surface area contributed by atoms with Gasteiger partial charge in [-0.25, -0.2) is 8.42 Å². The zero-order valence-corrected chi connectivity index (χ0v) is 22.5. The molecule has 1 saturated heterocycles. The fourth-order valence-corrected chi connectivity index (χ4v) is 5.38. The zero-order valence-electron chi connectivity index (χ0n) is 21.6. The molecule has 0 bridgehead atoms. The number of phenols is 1. The molecule has 2 heterocycles. The van der Waals surface area contributed by atoms with Gasteiger partial charge in [0, 0.05) is 43.2 Å². The van der Waals surface area contributed by atoms with Crippen molar-refractivity contribution in [3.63, 3.8) is 0 Å². The first-order chi connectivity index (χ1) is 18.0. The van der Waals surface area contributed by atoms with Crippen LogP contribution < -0.4 is 10.0 Å². The second kappa shape index (κ2) is 11.7. The van der Waals surface area contributed by atoms with Crippen molar-refractivity contribution in [2.45, 2.75) is 38.3 Å². The Balaban J connectivity index is 1.34. The SMILES string of the molecule is C[C@H](Cc1ccc2[nH]c(C(=O)N3CCC(CO)CC3)cc2c1)NC[C@H](O)c1ccc(O)c(NS(C)(=O)=O)c1. The van der Waals surface area contributed by atoms with Crippen LogP contribution in [0.4, 0.5) is 5.69 Å². The van der Waals surface area contributed by atoms with E-state index in [0.29, 0.717) is 30.8 Å². The Morgan fingerprint density at radius 1 is 1.16 bits per heavy atom. The Morgan fingerprint density at radius 2 is 1.89 bits per heavy atom. The molecule has 1 aromatic heterocycles. The number of rotatable bonds is 10. The highest BCUT2D eigenvalue weighted by Gasteiger charge is 2.24. The molecule has 0 saturated carbocycles. The summed E-state index contributed by atoms with van der Waals surface area (Å²) in [6.45, 7) is 3.72. The van der Waals surface area contributed by atoms with Gasteiger partial charge >= 0.3 is 0 Å². The molecule has 1 amide bonds. The molecule has 0 radical (unpaired) electrons. The molecule has 0 aliphatic carbocycles. The molecule has 3 aromatic rings. The van der Waals surface area contributed by atoms with Crippen molar-refractivity contribution in [2.24, 2.45) is 5.92 Å². The lowest BCUT2D eigenvalue weighted by molar-refractivity contribution is 0.0646. The molecule has 6 N–H and O–H groups in total. The van der Waals surface area contributed by atoms with Crippen molar-refractivity contribution in [1.82, 2.24) is 15.2 Å². The van der Waals surface area contributed by atoms with E-state index in [1.54, 1.807) is 6.07 Å². The molecule has 0 spiro atoms.